The van der Waals surface area contributed by atoms with E-state index in [0.717, 1.165) is 53.6 Å². The predicted molar refractivity (Wildman–Crippen MR) is 118 cm³/mol. The molecule has 1 fully saturated rings. The molecule has 0 unspecified atom stereocenters. The summed E-state index contributed by atoms with van der Waals surface area (Å²) in [6.07, 6.45) is 7.56. The highest BCUT2D eigenvalue weighted by Crippen LogP contribution is 2.33. The summed E-state index contributed by atoms with van der Waals surface area (Å²) in [5, 5.41) is 8.16. The van der Waals surface area contributed by atoms with Crippen LogP contribution in [0.2, 0.25) is 0 Å². The van der Waals surface area contributed by atoms with Crippen LogP contribution >= 0.6 is 0 Å². The average molecular weight is 438 g/mol. The van der Waals surface area contributed by atoms with Crippen molar-refractivity contribution in [2.75, 3.05) is 5.73 Å². The number of carbonyl (C=O) groups excluding carboxylic acids is 3. The Morgan fingerprint density at radius 2 is 1.97 bits per heavy atom. The lowest BCUT2D eigenvalue weighted by molar-refractivity contribution is -0.191. The second kappa shape index (κ2) is 10.5. The number of anilines is 1. The Kier molecular flexibility index (Phi) is 7.57. The van der Waals surface area contributed by atoms with Gasteiger partial charge in [0.15, 0.2) is 0 Å². The maximum absolute atomic E-state index is 12.2. The normalized spacial score (nSPS) is 17.7. The van der Waals surface area contributed by atoms with Gasteiger partial charge in [-0.2, -0.15) is 14.7 Å². The number of hydrogen-bond donors (Lipinski definition) is 2. The summed E-state index contributed by atoms with van der Waals surface area (Å²) >= 11 is 0. The molecule has 0 radical (unpaired) electrons. The fourth-order valence-electron chi connectivity index (χ4n) is 4.00. The molecule has 32 heavy (non-hydrogen) atoms. The molecule has 1 aliphatic rings. The van der Waals surface area contributed by atoms with Crippen molar-refractivity contribution in [3.63, 3.8) is 0 Å². The lowest BCUT2D eigenvalue weighted by Crippen LogP contribution is -2.41. The van der Waals surface area contributed by atoms with E-state index in [1.54, 1.807) is 10.9 Å². The Hall–Kier alpha value is -3.71. The number of rotatable bonds is 5. The number of aryl methyl sites for hydroxylation is 2. The molecule has 2 heterocycles. The fourth-order valence-corrected chi connectivity index (χ4v) is 4.00. The molecule has 9 nitrogen and oxygen atoms in total. The maximum Gasteiger partial charge on any atom is 0.373 e. The van der Waals surface area contributed by atoms with Crippen molar-refractivity contribution in [2.24, 2.45) is 0 Å². The summed E-state index contributed by atoms with van der Waals surface area (Å²) in [5.41, 5.74) is 9.73. The van der Waals surface area contributed by atoms with Gasteiger partial charge in [0.2, 0.25) is 5.91 Å². The van der Waals surface area contributed by atoms with E-state index < -0.39 is 0 Å². The van der Waals surface area contributed by atoms with Crippen LogP contribution in [0.4, 0.5) is 5.69 Å². The molecule has 4 rings (SSSR count). The summed E-state index contributed by atoms with van der Waals surface area (Å²) in [7, 11) is 0. The van der Waals surface area contributed by atoms with E-state index in [9.17, 15) is 4.79 Å². The van der Waals surface area contributed by atoms with Crippen LogP contribution in [0.1, 0.15) is 36.9 Å². The van der Waals surface area contributed by atoms with E-state index in [4.69, 9.17) is 20.1 Å². The zero-order valence-corrected chi connectivity index (χ0v) is 18.2. The van der Waals surface area contributed by atoms with Crippen LogP contribution in [0.3, 0.4) is 0 Å². The highest BCUT2D eigenvalue weighted by Gasteiger charge is 2.24. The number of ether oxygens (including phenoxy) is 1. The Morgan fingerprint density at radius 3 is 2.62 bits per heavy atom. The summed E-state index contributed by atoms with van der Waals surface area (Å²) in [6, 6.07) is 7.92. The van der Waals surface area contributed by atoms with E-state index in [1.165, 1.54) is 0 Å². The van der Waals surface area contributed by atoms with E-state index >= 15 is 0 Å². The molecule has 1 aromatic carbocycles. The SMILES string of the molecule is Cc1cnn(CC(=O)NC2CCC(Oc3cccc4nc(C)cc(N)c34)CC2)c1.O=C=O. The number of hydrogen-bond acceptors (Lipinski definition) is 7. The van der Waals surface area contributed by atoms with Crippen molar-refractivity contribution in [1.82, 2.24) is 20.1 Å². The number of benzene rings is 1. The third-order valence-electron chi connectivity index (χ3n) is 5.36. The number of pyridine rings is 1. The van der Waals surface area contributed by atoms with Crippen LogP contribution in [0.25, 0.3) is 10.9 Å². The van der Waals surface area contributed by atoms with Gasteiger partial charge in [-0.3, -0.25) is 14.5 Å². The molecule has 9 heteroatoms. The molecular formula is C23H27N5O4. The first-order valence-electron chi connectivity index (χ1n) is 10.5. The predicted octanol–water partition coefficient (Wildman–Crippen LogP) is 2.55. The quantitative estimate of drug-likeness (QED) is 0.627. The van der Waals surface area contributed by atoms with Crippen molar-refractivity contribution in [1.29, 1.82) is 0 Å². The summed E-state index contributed by atoms with van der Waals surface area (Å²) < 4.78 is 7.96. The van der Waals surface area contributed by atoms with Gasteiger partial charge in [-0.25, -0.2) is 0 Å². The molecule has 3 aromatic rings. The molecule has 0 atom stereocenters. The molecule has 1 aliphatic carbocycles. The zero-order valence-electron chi connectivity index (χ0n) is 18.2. The van der Waals surface area contributed by atoms with Gasteiger partial charge in [-0.15, -0.1) is 0 Å². The Labute approximate surface area is 185 Å². The third-order valence-corrected chi connectivity index (χ3v) is 5.36. The summed E-state index contributed by atoms with van der Waals surface area (Å²) in [4.78, 5) is 33.1. The lowest BCUT2D eigenvalue weighted by Gasteiger charge is -2.30. The number of fused-ring (bicyclic) bond motifs is 1. The number of nitrogens with two attached hydrogens (primary N) is 1. The number of nitrogens with zero attached hydrogens (tertiary/aromatic N) is 3. The highest BCUT2D eigenvalue weighted by molar-refractivity contribution is 5.95. The van der Waals surface area contributed by atoms with Crippen LogP contribution in [0.5, 0.6) is 5.75 Å². The molecule has 0 bridgehead atoms. The van der Waals surface area contributed by atoms with E-state index in [0.29, 0.717) is 5.69 Å². The molecule has 0 aliphatic heterocycles. The van der Waals surface area contributed by atoms with E-state index in [-0.39, 0.29) is 30.7 Å². The lowest BCUT2D eigenvalue weighted by atomic mass is 9.93. The Balaban J connectivity index is 0.000000913. The van der Waals surface area contributed by atoms with Gasteiger partial charge in [-0.05, 0) is 63.3 Å². The van der Waals surface area contributed by atoms with Crippen molar-refractivity contribution in [3.8, 4) is 5.75 Å². The van der Waals surface area contributed by atoms with Crippen LogP contribution in [-0.2, 0) is 20.9 Å². The minimum absolute atomic E-state index is 0.000685. The first kappa shape index (κ1) is 23.0. The van der Waals surface area contributed by atoms with Gasteiger partial charge in [0.25, 0.3) is 0 Å². The molecule has 1 amide bonds. The van der Waals surface area contributed by atoms with Crippen molar-refractivity contribution in [3.05, 3.63) is 47.9 Å². The molecule has 3 N–H and O–H groups in total. The monoisotopic (exact) mass is 437 g/mol. The minimum Gasteiger partial charge on any atom is -0.490 e. The smallest absolute Gasteiger partial charge is 0.373 e. The van der Waals surface area contributed by atoms with Crippen LogP contribution < -0.4 is 15.8 Å². The minimum atomic E-state index is 0.000685. The number of nitrogen functional groups attached to an aromatic ring is 1. The van der Waals surface area contributed by atoms with E-state index in [2.05, 4.69) is 15.4 Å². The van der Waals surface area contributed by atoms with Gasteiger partial charge in [-0.1, -0.05) is 6.07 Å². The van der Waals surface area contributed by atoms with Crippen LogP contribution in [0.15, 0.2) is 36.7 Å². The summed E-state index contributed by atoms with van der Waals surface area (Å²) in [6.45, 7) is 4.15. The molecule has 168 valence electrons. The number of aromatic nitrogens is 3. The molecule has 0 saturated heterocycles. The molecule has 1 saturated carbocycles. The van der Waals surface area contributed by atoms with Crippen molar-refractivity contribution in [2.45, 2.75) is 58.2 Å². The maximum atomic E-state index is 12.2. The Morgan fingerprint density at radius 1 is 1.25 bits per heavy atom. The van der Waals surface area contributed by atoms with Crippen LogP contribution in [-0.4, -0.2) is 39.0 Å². The van der Waals surface area contributed by atoms with Gasteiger partial charge in [0.1, 0.15) is 12.3 Å². The van der Waals surface area contributed by atoms with Gasteiger partial charge < -0.3 is 15.8 Å². The zero-order chi connectivity index (χ0) is 23.1. The van der Waals surface area contributed by atoms with Crippen LogP contribution in [0, 0.1) is 13.8 Å². The van der Waals surface area contributed by atoms with Gasteiger partial charge >= 0.3 is 6.15 Å². The number of carbonyl (C=O) groups is 1. The van der Waals surface area contributed by atoms with Gasteiger partial charge in [0, 0.05) is 23.6 Å². The third kappa shape index (κ3) is 5.92. The molecular weight excluding hydrogens is 410 g/mol. The number of nitrogens with one attached hydrogen (secondary N) is 1. The first-order valence-corrected chi connectivity index (χ1v) is 10.5. The van der Waals surface area contributed by atoms with Crippen molar-refractivity contribution < 1.29 is 19.1 Å². The second-order valence-corrected chi connectivity index (χ2v) is 7.96. The number of amides is 1. The largest absolute Gasteiger partial charge is 0.490 e. The standard InChI is InChI=1S/C22H27N5O2.CO2/c1-14-11-24-27(12-14)13-21(28)26-16-6-8-17(9-7-16)29-20-5-3-4-19-22(20)18(23)10-15(2)25-19;2-1-3/h3-5,10-12,16-17H,6-9,13H2,1-2H3,(H2,23,25)(H,26,28);. The fraction of sp³-hybridized carbons (Fsp3) is 0.391. The second-order valence-electron chi connectivity index (χ2n) is 7.96. The average Bonchev–Trinajstić information content (AvgIpc) is 3.14. The van der Waals surface area contributed by atoms with Gasteiger partial charge in [0.05, 0.1) is 23.2 Å². The highest BCUT2D eigenvalue weighted by atomic mass is 16.5. The molecule has 0 spiro atoms. The molecule has 2 aromatic heterocycles. The van der Waals surface area contributed by atoms with E-state index in [1.807, 2.05) is 44.3 Å². The first-order chi connectivity index (χ1) is 15.4. The van der Waals surface area contributed by atoms with Crippen molar-refractivity contribution >= 4 is 28.6 Å². The Bertz CT molecular complexity index is 1110. The summed E-state index contributed by atoms with van der Waals surface area (Å²) in [5.74, 6) is 0.787. The topological polar surface area (TPSA) is 129 Å².